The zero-order chi connectivity index (χ0) is 11.2. The third kappa shape index (κ3) is 3.06. The van der Waals surface area contributed by atoms with Crippen molar-refractivity contribution in [3.8, 4) is 0 Å². The molecule has 1 aromatic rings. The summed E-state index contributed by atoms with van der Waals surface area (Å²) in [5.41, 5.74) is 1.40. The summed E-state index contributed by atoms with van der Waals surface area (Å²) in [6.07, 6.45) is 2.41. The number of nitrogens with one attached hydrogen (secondary N) is 1. The molecule has 0 aliphatic carbocycles. The topological polar surface area (TPSA) is 21.3 Å². The second kappa shape index (κ2) is 6.02. The van der Waals surface area contributed by atoms with Crippen molar-refractivity contribution in [3.63, 3.8) is 0 Å². The molecule has 0 aromatic heterocycles. The minimum atomic E-state index is 0.484. The Bertz CT molecular complexity index is 293. The van der Waals surface area contributed by atoms with E-state index in [1.165, 1.54) is 18.4 Å². The van der Waals surface area contributed by atoms with Gasteiger partial charge >= 0.3 is 0 Å². The Labute approximate surface area is 98.0 Å². The maximum atomic E-state index is 5.44. The molecule has 1 aliphatic heterocycles. The van der Waals surface area contributed by atoms with Gasteiger partial charge in [0.05, 0.1) is 0 Å². The van der Waals surface area contributed by atoms with Crippen LogP contribution >= 0.6 is 0 Å². The smallest absolute Gasteiger partial charge is 0.0495 e. The van der Waals surface area contributed by atoms with Gasteiger partial charge < -0.3 is 10.1 Å². The number of hydrogen-bond donors (Lipinski definition) is 1. The molecule has 1 N–H and O–H groups in total. The molecule has 1 aromatic carbocycles. The summed E-state index contributed by atoms with van der Waals surface area (Å²) < 4.78 is 5.44. The standard InChI is InChI=1S/C14H21NO/c1-2-15-14(10-12-8-9-16-11-12)13-6-4-3-5-7-13/h3-7,12,14-15H,2,8-11H2,1H3. The zero-order valence-electron chi connectivity index (χ0n) is 9.99. The fraction of sp³-hybridized carbons (Fsp3) is 0.571. The summed E-state index contributed by atoms with van der Waals surface area (Å²) >= 11 is 0. The first kappa shape index (κ1) is 11.6. The van der Waals surface area contributed by atoms with Gasteiger partial charge in [-0.15, -0.1) is 0 Å². The first-order valence-corrected chi connectivity index (χ1v) is 6.26. The van der Waals surface area contributed by atoms with Crippen molar-refractivity contribution in [2.45, 2.75) is 25.8 Å². The van der Waals surface area contributed by atoms with Crippen LogP contribution in [0.25, 0.3) is 0 Å². The van der Waals surface area contributed by atoms with Crippen LogP contribution in [0.5, 0.6) is 0 Å². The minimum Gasteiger partial charge on any atom is -0.381 e. The molecule has 2 unspecified atom stereocenters. The Morgan fingerprint density at radius 2 is 2.19 bits per heavy atom. The highest BCUT2D eigenvalue weighted by atomic mass is 16.5. The van der Waals surface area contributed by atoms with Gasteiger partial charge in [0.2, 0.25) is 0 Å². The maximum Gasteiger partial charge on any atom is 0.0495 e. The fourth-order valence-corrected chi connectivity index (χ4v) is 2.37. The van der Waals surface area contributed by atoms with Gasteiger partial charge in [-0.05, 0) is 30.9 Å². The Kier molecular flexibility index (Phi) is 4.37. The summed E-state index contributed by atoms with van der Waals surface area (Å²) in [5, 5.41) is 3.57. The molecule has 88 valence electrons. The van der Waals surface area contributed by atoms with Gasteiger partial charge in [0.15, 0.2) is 0 Å². The van der Waals surface area contributed by atoms with E-state index in [4.69, 9.17) is 4.74 Å². The summed E-state index contributed by atoms with van der Waals surface area (Å²) in [7, 11) is 0. The molecule has 1 saturated heterocycles. The molecule has 2 atom stereocenters. The molecule has 2 rings (SSSR count). The van der Waals surface area contributed by atoms with Crippen LogP contribution in [0.2, 0.25) is 0 Å². The molecule has 0 amide bonds. The van der Waals surface area contributed by atoms with Gasteiger partial charge in [0.25, 0.3) is 0 Å². The molecular formula is C14H21NO. The van der Waals surface area contributed by atoms with Crippen molar-refractivity contribution in [2.75, 3.05) is 19.8 Å². The third-order valence-electron chi connectivity index (χ3n) is 3.25. The van der Waals surface area contributed by atoms with Crippen LogP contribution in [0, 0.1) is 5.92 Å². The number of benzene rings is 1. The van der Waals surface area contributed by atoms with E-state index in [2.05, 4.69) is 42.6 Å². The molecule has 2 nitrogen and oxygen atoms in total. The average molecular weight is 219 g/mol. The summed E-state index contributed by atoms with van der Waals surface area (Å²) in [5.74, 6) is 0.726. The van der Waals surface area contributed by atoms with E-state index in [9.17, 15) is 0 Å². The number of rotatable bonds is 5. The van der Waals surface area contributed by atoms with Crippen LogP contribution in [0.15, 0.2) is 30.3 Å². The average Bonchev–Trinajstić information content (AvgIpc) is 2.83. The van der Waals surface area contributed by atoms with E-state index < -0.39 is 0 Å². The lowest BCUT2D eigenvalue weighted by molar-refractivity contribution is 0.181. The van der Waals surface area contributed by atoms with Crippen molar-refractivity contribution in [1.82, 2.24) is 5.32 Å². The van der Waals surface area contributed by atoms with Crippen molar-refractivity contribution in [3.05, 3.63) is 35.9 Å². The van der Waals surface area contributed by atoms with Crippen LogP contribution < -0.4 is 5.32 Å². The van der Waals surface area contributed by atoms with Crippen molar-refractivity contribution < 1.29 is 4.74 Å². The summed E-state index contributed by atoms with van der Waals surface area (Å²) in [4.78, 5) is 0. The molecule has 0 bridgehead atoms. The van der Waals surface area contributed by atoms with Gasteiger partial charge in [-0.1, -0.05) is 37.3 Å². The lowest BCUT2D eigenvalue weighted by Gasteiger charge is -2.21. The first-order chi connectivity index (χ1) is 7.90. The van der Waals surface area contributed by atoms with Gasteiger partial charge in [-0.25, -0.2) is 0 Å². The minimum absolute atomic E-state index is 0.484. The molecule has 1 aliphatic rings. The second-order valence-electron chi connectivity index (χ2n) is 4.49. The first-order valence-electron chi connectivity index (χ1n) is 6.26. The van der Waals surface area contributed by atoms with Gasteiger partial charge in [0, 0.05) is 19.3 Å². The fourth-order valence-electron chi connectivity index (χ4n) is 2.37. The Morgan fingerprint density at radius 3 is 2.81 bits per heavy atom. The number of hydrogen-bond acceptors (Lipinski definition) is 2. The van der Waals surface area contributed by atoms with E-state index in [0.29, 0.717) is 6.04 Å². The Morgan fingerprint density at radius 1 is 1.38 bits per heavy atom. The zero-order valence-corrected chi connectivity index (χ0v) is 9.99. The van der Waals surface area contributed by atoms with Crippen molar-refractivity contribution >= 4 is 0 Å². The molecule has 0 spiro atoms. The van der Waals surface area contributed by atoms with Crippen LogP contribution in [-0.4, -0.2) is 19.8 Å². The SMILES string of the molecule is CCNC(CC1CCOC1)c1ccccc1. The molecule has 1 fully saturated rings. The van der Waals surface area contributed by atoms with Crippen LogP contribution in [0.1, 0.15) is 31.4 Å². The van der Waals surface area contributed by atoms with Crippen LogP contribution in [-0.2, 0) is 4.74 Å². The second-order valence-corrected chi connectivity index (χ2v) is 4.49. The molecule has 1 heterocycles. The lowest BCUT2D eigenvalue weighted by Crippen LogP contribution is -2.23. The van der Waals surface area contributed by atoms with Crippen LogP contribution in [0.3, 0.4) is 0 Å². The normalized spacial score (nSPS) is 22.2. The summed E-state index contributed by atoms with van der Waals surface area (Å²) in [6.45, 7) is 5.07. The predicted molar refractivity (Wildman–Crippen MR) is 66.4 cm³/mol. The lowest BCUT2D eigenvalue weighted by atomic mass is 9.94. The van der Waals surface area contributed by atoms with Crippen LogP contribution in [0.4, 0.5) is 0 Å². The van der Waals surface area contributed by atoms with E-state index in [1.54, 1.807) is 0 Å². The van der Waals surface area contributed by atoms with E-state index in [1.807, 2.05) is 0 Å². The highest BCUT2D eigenvalue weighted by Gasteiger charge is 2.21. The van der Waals surface area contributed by atoms with E-state index in [0.717, 1.165) is 25.7 Å². The van der Waals surface area contributed by atoms with Crippen molar-refractivity contribution in [2.24, 2.45) is 5.92 Å². The highest BCUT2D eigenvalue weighted by molar-refractivity contribution is 5.18. The van der Waals surface area contributed by atoms with Gasteiger partial charge in [0.1, 0.15) is 0 Å². The van der Waals surface area contributed by atoms with Gasteiger partial charge in [-0.2, -0.15) is 0 Å². The van der Waals surface area contributed by atoms with Crippen molar-refractivity contribution in [1.29, 1.82) is 0 Å². The largest absolute Gasteiger partial charge is 0.381 e. The third-order valence-corrected chi connectivity index (χ3v) is 3.25. The summed E-state index contributed by atoms with van der Waals surface area (Å²) in [6, 6.07) is 11.2. The molecule has 0 saturated carbocycles. The monoisotopic (exact) mass is 219 g/mol. The van der Waals surface area contributed by atoms with Gasteiger partial charge in [-0.3, -0.25) is 0 Å². The predicted octanol–water partition coefficient (Wildman–Crippen LogP) is 2.76. The molecular weight excluding hydrogens is 198 g/mol. The molecule has 2 heteroatoms. The molecule has 0 radical (unpaired) electrons. The van der Waals surface area contributed by atoms with E-state index >= 15 is 0 Å². The number of ether oxygens (including phenoxy) is 1. The van der Waals surface area contributed by atoms with E-state index in [-0.39, 0.29) is 0 Å². The molecule has 16 heavy (non-hydrogen) atoms. The Hall–Kier alpha value is -0.860. The maximum absolute atomic E-state index is 5.44. The Balaban J connectivity index is 1.99. The quantitative estimate of drug-likeness (QED) is 0.822. The highest BCUT2D eigenvalue weighted by Crippen LogP contribution is 2.26.